The third-order valence-electron chi connectivity index (χ3n) is 7.94. The van der Waals surface area contributed by atoms with Gasteiger partial charge in [-0.2, -0.15) is 5.10 Å². The molecule has 3 N–H and O–H groups in total. The summed E-state index contributed by atoms with van der Waals surface area (Å²) >= 11 is 6.53. The highest BCUT2D eigenvalue weighted by Crippen LogP contribution is 2.41. The molecule has 0 radical (unpaired) electrons. The maximum Gasteiger partial charge on any atom is 0.316 e. The molecule has 6 nitrogen and oxygen atoms in total. The largest absolute Gasteiger partial charge is 0.351 e. The number of nitrogens with zero attached hydrogens (tertiary/aromatic N) is 3. The Hall–Kier alpha value is -3.75. The normalized spacial score (nSPS) is 14.6. The van der Waals surface area contributed by atoms with E-state index in [2.05, 4.69) is 37.9 Å². The molecule has 2 heterocycles. The Labute approximate surface area is 244 Å². The average Bonchev–Trinajstić information content (AvgIpc) is 3.27. The molecule has 41 heavy (non-hydrogen) atoms. The fourth-order valence-electron chi connectivity index (χ4n) is 5.71. The van der Waals surface area contributed by atoms with E-state index in [1.807, 2.05) is 42.5 Å². The first-order chi connectivity index (χ1) is 19.5. The Kier molecular flexibility index (Phi) is 7.90. The molecule has 1 aliphatic heterocycles. The van der Waals surface area contributed by atoms with Crippen molar-refractivity contribution in [1.29, 1.82) is 0 Å². The standard InChI is InChI=1S/C32H34ClF2N5O/c1-5-19-11-9-12-20(6-2)29(19)40-30(22-14-26(35)27(15-25(22)34)37-31(36)41)23-18-39(32(3,4)16-28(23)38-40)17-21-10-7-8-13-24(21)33/h7-15H,5-6,16-18H2,1-4H3,(H3,36,37,41). The number of anilines is 1. The van der Waals surface area contributed by atoms with Crippen LogP contribution in [0.4, 0.5) is 19.3 Å². The van der Waals surface area contributed by atoms with E-state index in [0.29, 0.717) is 30.2 Å². The zero-order valence-corrected chi connectivity index (χ0v) is 24.4. The topological polar surface area (TPSA) is 76.2 Å². The molecule has 0 unspecified atom stereocenters. The van der Waals surface area contributed by atoms with Gasteiger partial charge < -0.3 is 11.1 Å². The Morgan fingerprint density at radius 3 is 2.32 bits per heavy atom. The zero-order chi connectivity index (χ0) is 29.5. The van der Waals surface area contributed by atoms with Gasteiger partial charge in [0.15, 0.2) is 0 Å². The van der Waals surface area contributed by atoms with Crippen molar-refractivity contribution in [3.8, 4) is 16.9 Å². The average molecular weight is 578 g/mol. The number of urea groups is 1. The lowest BCUT2D eigenvalue weighted by atomic mass is 9.87. The number of hydrogen-bond donors (Lipinski definition) is 2. The van der Waals surface area contributed by atoms with Crippen molar-refractivity contribution in [1.82, 2.24) is 14.7 Å². The molecule has 0 fully saturated rings. The number of rotatable bonds is 7. The second-order valence-corrected chi connectivity index (χ2v) is 11.5. The Balaban J connectivity index is 1.75. The first kappa shape index (κ1) is 28.8. The summed E-state index contributed by atoms with van der Waals surface area (Å²) < 4.78 is 33.0. The quantitative estimate of drug-likeness (QED) is 0.240. The summed E-state index contributed by atoms with van der Waals surface area (Å²) in [4.78, 5) is 13.7. The molecular weight excluding hydrogens is 544 g/mol. The van der Waals surface area contributed by atoms with Gasteiger partial charge in [0.25, 0.3) is 0 Å². The zero-order valence-electron chi connectivity index (χ0n) is 23.7. The Bertz CT molecular complexity index is 1610. The number of carbonyl (C=O) groups excluding carboxylic acids is 1. The lowest BCUT2D eigenvalue weighted by Crippen LogP contribution is -2.47. The van der Waals surface area contributed by atoms with Crippen LogP contribution in [-0.2, 0) is 32.4 Å². The summed E-state index contributed by atoms with van der Waals surface area (Å²) in [6.07, 6.45) is 2.10. The first-order valence-electron chi connectivity index (χ1n) is 13.8. The van der Waals surface area contributed by atoms with E-state index in [4.69, 9.17) is 22.4 Å². The third-order valence-corrected chi connectivity index (χ3v) is 8.31. The SMILES string of the molecule is CCc1cccc(CC)c1-n1nc2c(c1-c1cc(F)c(NC(N)=O)cc1F)CN(Cc1ccccc1Cl)C(C)(C)C2. The molecule has 2 amide bonds. The Morgan fingerprint density at radius 2 is 1.68 bits per heavy atom. The van der Waals surface area contributed by atoms with Gasteiger partial charge in [-0.1, -0.05) is 61.8 Å². The third kappa shape index (κ3) is 5.46. The summed E-state index contributed by atoms with van der Waals surface area (Å²) in [5.41, 5.74) is 10.8. The van der Waals surface area contributed by atoms with Crippen LogP contribution >= 0.6 is 11.6 Å². The molecular formula is C32H34ClF2N5O. The van der Waals surface area contributed by atoms with E-state index in [-0.39, 0.29) is 16.8 Å². The molecule has 0 atom stereocenters. The smallest absolute Gasteiger partial charge is 0.316 e. The van der Waals surface area contributed by atoms with Gasteiger partial charge >= 0.3 is 6.03 Å². The van der Waals surface area contributed by atoms with E-state index in [1.165, 1.54) is 0 Å². The molecule has 0 saturated heterocycles. The lowest BCUT2D eigenvalue weighted by Gasteiger charge is -2.42. The van der Waals surface area contributed by atoms with Crippen molar-refractivity contribution >= 4 is 23.3 Å². The highest BCUT2D eigenvalue weighted by Gasteiger charge is 2.38. The summed E-state index contributed by atoms with van der Waals surface area (Å²) in [6.45, 7) is 9.50. The van der Waals surface area contributed by atoms with Crippen molar-refractivity contribution in [2.45, 2.75) is 65.6 Å². The van der Waals surface area contributed by atoms with Crippen LogP contribution in [0.25, 0.3) is 16.9 Å². The molecule has 214 valence electrons. The van der Waals surface area contributed by atoms with Crippen LogP contribution in [0.5, 0.6) is 0 Å². The van der Waals surface area contributed by atoms with Gasteiger partial charge in [-0.05, 0) is 55.5 Å². The lowest BCUT2D eigenvalue weighted by molar-refractivity contribution is 0.0883. The second kappa shape index (κ2) is 11.3. The number of primary amides is 1. The first-order valence-corrected chi connectivity index (χ1v) is 14.2. The second-order valence-electron chi connectivity index (χ2n) is 11.1. The van der Waals surface area contributed by atoms with Crippen LogP contribution in [0.2, 0.25) is 5.02 Å². The predicted octanol–water partition coefficient (Wildman–Crippen LogP) is 7.42. The van der Waals surface area contributed by atoms with Gasteiger partial charge in [-0.15, -0.1) is 0 Å². The number of aromatic nitrogens is 2. The highest BCUT2D eigenvalue weighted by molar-refractivity contribution is 6.31. The summed E-state index contributed by atoms with van der Waals surface area (Å²) in [5, 5.41) is 7.94. The molecule has 3 aromatic carbocycles. The van der Waals surface area contributed by atoms with Gasteiger partial charge in [-0.25, -0.2) is 18.3 Å². The van der Waals surface area contributed by atoms with Crippen LogP contribution in [-0.4, -0.2) is 26.3 Å². The van der Waals surface area contributed by atoms with Crippen LogP contribution in [0, 0.1) is 11.6 Å². The molecule has 0 spiro atoms. The molecule has 5 rings (SSSR count). The molecule has 0 saturated carbocycles. The minimum atomic E-state index is -0.972. The minimum absolute atomic E-state index is 0.0663. The minimum Gasteiger partial charge on any atom is -0.351 e. The monoisotopic (exact) mass is 577 g/mol. The molecule has 1 aromatic heterocycles. The number of nitrogens with one attached hydrogen (secondary N) is 1. The molecule has 9 heteroatoms. The van der Waals surface area contributed by atoms with Gasteiger partial charge in [-0.3, -0.25) is 4.90 Å². The van der Waals surface area contributed by atoms with Gasteiger partial charge in [0, 0.05) is 47.3 Å². The maximum absolute atomic E-state index is 15.9. The van der Waals surface area contributed by atoms with Crippen molar-refractivity contribution in [2.75, 3.05) is 5.32 Å². The number of nitrogens with two attached hydrogens (primary N) is 1. The number of hydrogen-bond acceptors (Lipinski definition) is 3. The van der Waals surface area contributed by atoms with E-state index in [1.54, 1.807) is 4.68 Å². The molecule has 0 bridgehead atoms. The van der Waals surface area contributed by atoms with Gasteiger partial charge in [0.05, 0.1) is 22.8 Å². The van der Waals surface area contributed by atoms with Crippen molar-refractivity contribution in [3.63, 3.8) is 0 Å². The van der Waals surface area contributed by atoms with E-state index in [0.717, 1.165) is 58.6 Å². The van der Waals surface area contributed by atoms with Gasteiger partial charge in [0.2, 0.25) is 0 Å². The highest BCUT2D eigenvalue weighted by atomic mass is 35.5. The number of fused-ring (bicyclic) bond motifs is 1. The van der Waals surface area contributed by atoms with E-state index < -0.39 is 17.7 Å². The van der Waals surface area contributed by atoms with Crippen LogP contribution in [0.3, 0.4) is 0 Å². The number of para-hydroxylation sites is 1. The molecule has 4 aromatic rings. The van der Waals surface area contributed by atoms with Crippen molar-refractivity contribution in [3.05, 3.63) is 99.2 Å². The summed E-state index contributed by atoms with van der Waals surface area (Å²) in [5.74, 6) is -1.47. The number of amides is 2. The van der Waals surface area contributed by atoms with Crippen LogP contribution in [0.15, 0.2) is 54.6 Å². The molecule has 1 aliphatic rings. The number of halogens is 3. The number of benzene rings is 3. The summed E-state index contributed by atoms with van der Waals surface area (Å²) in [7, 11) is 0. The van der Waals surface area contributed by atoms with E-state index >= 15 is 8.78 Å². The number of carbonyl (C=O) groups is 1. The molecule has 0 aliphatic carbocycles. The maximum atomic E-state index is 15.9. The summed E-state index contributed by atoms with van der Waals surface area (Å²) in [6, 6.07) is 15.0. The van der Waals surface area contributed by atoms with Crippen molar-refractivity contribution < 1.29 is 13.6 Å². The van der Waals surface area contributed by atoms with Crippen LogP contribution < -0.4 is 11.1 Å². The fourth-order valence-corrected chi connectivity index (χ4v) is 5.91. The Morgan fingerprint density at radius 1 is 1.02 bits per heavy atom. The van der Waals surface area contributed by atoms with Gasteiger partial charge in [0.1, 0.15) is 11.6 Å². The number of aryl methyl sites for hydroxylation is 2. The predicted molar refractivity (Wildman–Crippen MR) is 159 cm³/mol. The van der Waals surface area contributed by atoms with E-state index in [9.17, 15) is 4.79 Å². The van der Waals surface area contributed by atoms with Crippen LogP contribution in [0.1, 0.15) is 55.6 Å². The fraction of sp³-hybridized carbons (Fsp3) is 0.312. The van der Waals surface area contributed by atoms with Crippen molar-refractivity contribution in [2.24, 2.45) is 5.73 Å².